The molecule has 0 bridgehead atoms. The number of rotatable bonds is 2. The Morgan fingerprint density at radius 2 is 1.76 bits per heavy atom. The van der Waals surface area contributed by atoms with Crippen LogP contribution >= 0.6 is 11.3 Å². The lowest BCUT2D eigenvalue weighted by Crippen LogP contribution is -1.92. The van der Waals surface area contributed by atoms with E-state index in [-0.39, 0.29) is 0 Å². The smallest absolute Gasteiger partial charge is 0.191 e. The van der Waals surface area contributed by atoms with Gasteiger partial charge in [0.05, 0.1) is 4.88 Å². The Bertz CT molecular complexity index is 627. The summed E-state index contributed by atoms with van der Waals surface area (Å²) in [5, 5.41) is 11.5. The number of thiophene rings is 1. The molecule has 84 valence electrons. The van der Waals surface area contributed by atoms with Crippen LogP contribution in [0.25, 0.3) is 21.1 Å². The molecule has 4 nitrogen and oxygen atoms in total. The van der Waals surface area contributed by atoms with Crippen molar-refractivity contribution in [3.8, 4) is 21.1 Å². The highest BCUT2D eigenvalue weighted by Gasteiger charge is 2.09. The number of benzene rings is 1. The van der Waals surface area contributed by atoms with Crippen LogP contribution in [0.1, 0.15) is 0 Å². The maximum absolute atomic E-state index is 4.01. The van der Waals surface area contributed by atoms with Crippen molar-refractivity contribution in [1.82, 2.24) is 20.2 Å². The molecule has 0 unspecified atom stereocenters. The number of hydrogen-bond donors (Lipinski definition) is 0. The number of aromatic nitrogens is 4. The highest BCUT2D eigenvalue weighted by atomic mass is 32.1. The minimum Gasteiger partial charge on any atom is -0.228 e. The summed E-state index contributed by atoms with van der Waals surface area (Å²) < 4.78 is 1.68. The molecule has 1 aromatic carbocycles. The molecular formula is C12H10N4S. The number of aryl methyl sites for hydroxylation is 1. The minimum absolute atomic E-state index is 0.803. The molecule has 0 radical (unpaired) electrons. The van der Waals surface area contributed by atoms with E-state index in [1.54, 1.807) is 16.0 Å². The van der Waals surface area contributed by atoms with E-state index in [9.17, 15) is 0 Å². The molecule has 2 aromatic heterocycles. The molecule has 0 atom stereocenters. The first kappa shape index (κ1) is 10.2. The van der Waals surface area contributed by atoms with Gasteiger partial charge in [-0.05, 0) is 28.1 Å². The van der Waals surface area contributed by atoms with Gasteiger partial charge in [-0.2, -0.15) is 0 Å². The van der Waals surface area contributed by atoms with Gasteiger partial charge in [-0.25, -0.2) is 4.68 Å². The second-order valence-electron chi connectivity index (χ2n) is 3.66. The van der Waals surface area contributed by atoms with Crippen LogP contribution in [0.5, 0.6) is 0 Å². The van der Waals surface area contributed by atoms with E-state index in [4.69, 9.17) is 0 Å². The van der Waals surface area contributed by atoms with Gasteiger partial charge >= 0.3 is 0 Å². The monoisotopic (exact) mass is 242 g/mol. The summed E-state index contributed by atoms with van der Waals surface area (Å²) in [6, 6.07) is 14.5. The van der Waals surface area contributed by atoms with Gasteiger partial charge in [-0.15, -0.1) is 16.4 Å². The Balaban J connectivity index is 2.02. The molecule has 0 N–H and O–H groups in total. The van der Waals surface area contributed by atoms with Gasteiger partial charge in [0, 0.05) is 11.9 Å². The van der Waals surface area contributed by atoms with Crippen LogP contribution in [0.3, 0.4) is 0 Å². The molecule has 0 aliphatic carbocycles. The van der Waals surface area contributed by atoms with Gasteiger partial charge in [0.2, 0.25) is 0 Å². The third-order valence-electron chi connectivity index (χ3n) is 2.50. The first-order chi connectivity index (χ1) is 8.34. The minimum atomic E-state index is 0.803. The lowest BCUT2D eigenvalue weighted by atomic mass is 10.2. The molecule has 2 heterocycles. The fourth-order valence-corrected chi connectivity index (χ4v) is 2.68. The average molecular weight is 242 g/mol. The first-order valence-electron chi connectivity index (χ1n) is 5.22. The second-order valence-corrected chi connectivity index (χ2v) is 4.74. The summed E-state index contributed by atoms with van der Waals surface area (Å²) in [5.74, 6) is 0.803. The van der Waals surface area contributed by atoms with Gasteiger partial charge in [0.1, 0.15) is 0 Å². The Morgan fingerprint density at radius 1 is 1.00 bits per heavy atom. The predicted molar refractivity (Wildman–Crippen MR) is 67.5 cm³/mol. The van der Waals surface area contributed by atoms with E-state index in [0.29, 0.717) is 0 Å². The van der Waals surface area contributed by atoms with Gasteiger partial charge in [0.25, 0.3) is 0 Å². The largest absolute Gasteiger partial charge is 0.228 e. The highest BCUT2D eigenvalue weighted by Crippen LogP contribution is 2.32. The van der Waals surface area contributed by atoms with Crippen molar-refractivity contribution in [2.75, 3.05) is 0 Å². The molecule has 0 aliphatic rings. The van der Waals surface area contributed by atoms with Crippen molar-refractivity contribution in [3.05, 3.63) is 42.5 Å². The van der Waals surface area contributed by atoms with E-state index in [1.807, 2.05) is 25.2 Å². The lowest BCUT2D eigenvalue weighted by molar-refractivity contribution is 0.715. The third-order valence-corrected chi connectivity index (χ3v) is 3.64. The second kappa shape index (κ2) is 4.10. The summed E-state index contributed by atoms with van der Waals surface area (Å²) in [5.41, 5.74) is 1.22. The summed E-state index contributed by atoms with van der Waals surface area (Å²) in [4.78, 5) is 2.31. The summed E-state index contributed by atoms with van der Waals surface area (Å²) in [7, 11) is 1.84. The molecule has 0 saturated carbocycles. The van der Waals surface area contributed by atoms with Crippen LogP contribution in [-0.4, -0.2) is 20.2 Å². The maximum atomic E-state index is 4.01. The van der Waals surface area contributed by atoms with Crippen LogP contribution in [0.15, 0.2) is 42.5 Å². The molecule has 0 saturated heterocycles. The van der Waals surface area contributed by atoms with Crippen molar-refractivity contribution in [2.45, 2.75) is 0 Å². The fraction of sp³-hybridized carbons (Fsp3) is 0.0833. The van der Waals surface area contributed by atoms with Crippen molar-refractivity contribution in [2.24, 2.45) is 7.05 Å². The lowest BCUT2D eigenvalue weighted by Gasteiger charge is -1.95. The van der Waals surface area contributed by atoms with Crippen LogP contribution in [0.4, 0.5) is 0 Å². The zero-order chi connectivity index (χ0) is 11.7. The summed E-state index contributed by atoms with van der Waals surface area (Å²) in [6.07, 6.45) is 0. The van der Waals surface area contributed by atoms with Crippen LogP contribution in [0, 0.1) is 0 Å². The van der Waals surface area contributed by atoms with E-state index >= 15 is 0 Å². The van der Waals surface area contributed by atoms with Crippen LogP contribution < -0.4 is 0 Å². The van der Waals surface area contributed by atoms with Gasteiger partial charge in [0.15, 0.2) is 5.82 Å². The topological polar surface area (TPSA) is 43.6 Å². The van der Waals surface area contributed by atoms with E-state index in [2.05, 4.69) is 39.8 Å². The SMILES string of the molecule is Cn1nnnc1-c1ccc(-c2ccccc2)s1. The molecule has 0 spiro atoms. The Hall–Kier alpha value is -2.01. The molecule has 3 rings (SSSR count). The van der Waals surface area contributed by atoms with Crippen molar-refractivity contribution in [1.29, 1.82) is 0 Å². The van der Waals surface area contributed by atoms with Gasteiger partial charge in [-0.1, -0.05) is 30.3 Å². The summed E-state index contributed by atoms with van der Waals surface area (Å²) >= 11 is 1.69. The Morgan fingerprint density at radius 3 is 2.47 bits per heavy atom. The molecule has 0 fully saturated rings. The first-order valence-corrected chi connectivity index (χ1v) is 6.04. The zero-order valence-electron chi connectivity index (χ0n) is 9.24. The molecular weight excluding hydrogens is 232 g/mol. The molecule has 0 aliphatic heterocycles. The van der Waals surface area contributed by atoms with Crippen molar-refractivity contribution < 1.29 is 0 Å². The predicted octanol–water partition coefficient (Wildman–Crippen LogP) is 2.61. The number of tetrazole rings is 1. The molecule has 17 heavy (non-hydrogen) atoms. The number of nitrogens with zero attached hydrogens (tertiary/aromatic N) is 4. The Labute approximate surface area is 103 Å². The zero-order valence-corrected chi connectivity index (χ0v) is 10.1. The molecule has 3 aromatic rings. The van der Waals surface area contributed by atoms with Crippen molar-refractivity contribution in [3.63, 3.8) is 0 Å². The van der Waals surface area contributed by atoms with E-state index in [1.165, 1.54) is 10.4 Å². The van der Waals surface area contributed by atoms with Crippen molar-refractivity contribution >= 4 is 11.3 Å². The highest BCUT2D eigenvalue weighted by molar-refractivity contribution is 7.18. The maximum Gasteiger partial charge on any atom is 0.191 e. The van der Waals surface area contributed by atoms with E-state index in [0.717, 1.165) is 10.7 Å². The van der Waals surface area contributed by atoms with Crippen LogP contribution in [0.2, 0.25) is 0 Å². The summed E-state index contributed by atoms with van der Waals surface area (Å²) in [6.45, 7) is 0. The molecule has 0 amide bonds. The average Bonchev–Trinajstić information content (AvgIpc) is 2.98. The quantitative estimate of drug-likeness (QED) is 0.693. The van der Waals surface area contributed by atoms with Gasteiger partial charge < -0.3 is 0 Å². The van der Waals surface area contributed by atoms with E-state index < -0.39 is 0 Å². The Kier molecular flexibility index (Phi) is 2.45. The third kappa shape index (κ3) is 1.85. The van der Waals surface area contributed by atoms with Crippen LogP contribution in [-0.2, 0) is 7.05 Å². The normalized spacial score (nSPS) is 10.6. The number of hydrogen-bond acceptors (Lipinski definition) is 4. The molecule has 5 heteroatoms. The van der Waals surface area contributed by atoms with Gasteiger partial charge in [-0.3, -0.25) is 0 Å². The standard InChI is InChI=1S/C12H10N4S/c1-16-12(13-14-15-16)11-8-7-10(17-11)9-5-3-2-4-6-9/h2-8H,1H3. The fourth-order valence-electron chi connectivity index (χ4n) is 1.65.